The summed E-state index contributed by atoms with van der Waals surface area (Å²) < 4.78 is 3.03. The lowest BCUT2D eigenvalue weighted by molar-refractivity contribution is 1.18. The lowest BCUT2D eigenvalue weighted by atomic mass is 10.3. The Morgan fingerprint density at radius 1 is 1.36 bits per heavy atom. The lowest BCUT2D eigenvalue weighted by Crippen LogP contribution is -2.00. The molecule has 1 N–H and O–H groups in total. The van der Waals surface area contributed by atoms with Gasteiger partial charge in [0.2, 0.25) is 0 Å². The summed E-state index contributed by atoms with van der Waals surface area (Å²) in [5, 5.41) is 7.52. The average Bonchev–Trinajstić information content (AvgIpc) is 2.30. The number of aromatic nitrogens is 1. The van der Waals surface area contributed by atoms with Crippen LogP contribution in [0.25, 0.3) is 10.2 Å². The van der Waals surface area contributed by atoms with Crippen molar-refractivity contribution < 1.29 is 0 Å². The van der Waals surface area contributed by atoms with Gasteiger partial charge in [-0.2, -0.15) is 0 Å². The molecule has 0 aliphatic rings. The number of para-hydroxylation sites is 1. The third-order valence-corrected chi connectivity index (χ3v) is 3.73. The third kappa shape index (κ3) is 1.10. The van der Waals surface area contributed by atoms with E-state index in [0.717, 1.165) is 5.52 Å². The molecule has 0 atom stereocenters. The minimum absolute atomic E-state index is 0.590. The van der Waals surface area contributed by atoms with E-state index in [9.17, 15) is 0 Å². The predicted octanol–water partition coefficient (Wildman–Crippen LogP) is 2.38. The first-order valence-corrected chi connectivity index (χ1v) is 4.88. The summed E-state index contributed by atoms with van der Waals surface area (Å²) in [6, 6.07) is 8.04. The molecule has 2 aromatic rings. The van der Waals surface area contributed by atoms with E-state index in [1.54, 1.807) is 0 Å². The second-order valence-electron chi connectivity index (χ2n) is 2.16. The summed E-state index contributed by atoms with van der Waals surface area (Å²) in [5.74, 6) is 0. The summed E-state index contributed by atoms with van der Waals surface area (Å²) in [4.78, 5) is 0.590. The molecule has 1 aromatic heterocycles. The van der Waals surface area contributed by atoms with Gasteiger partial charge < -0.3 is 0 Å². The Balaban J connectivity index is 3.04. The highest BCUT2D eigenvalue weighted by molar-refractivity contribution is 14.1. The van der Waals surface area contributed by atoms with Crippen LogP contribution in [0.5, 0.6) is 0 Å². The Bertz CT molecular complexity index is 443. The number of nitrogens with one attached hydrogen (secondary N) is 1. The van der Waals surface area contributed by atoms with Crippen LogP contribution in [0, 0.1) is 5.41 Å². The molecule has 0 saturated carbocycles. The first-order chi connectivity index (χ1) is 5.29. The van der Waals surface area contributed by atoms with Crippen molar-refractivity contribution in [2.45, 2.75) is 0 Å². The van der Waals surface area contributed by atoms with Gasteiger partial charge in [0.05, 0.1) is 33.1 Å². The Morgan fingerprint density at radius 2 is 2.09 bits per heavy atom. The van der Waals surface area contributed by atoms with Crippen LogP contribution >= 0.6 is 34.2 Å². The fraction of sp³-hybridized carbons (Fsp3) is 0. The number of hydrogen-bond donors (Lipinski definition) is 1. The lowest BCUT2D eigenvalue weighted by Gasteiger charge is -1.88. The first kappa shape index (κ1) is 7.30. The van der Waals surface area contributed by atoms with E-state index in [4.69, 9.17) is 5.41 Å². The summed E-state index contributed by atoms with van der Waals surface area (Å²) >= 11 is 3.64. The maximum Gasteiger partial charge on any atom is 0.192 e. The molecule has 0 amide bonds. The number of nitrogens with zero attached hydrogens (tertiary/aromatic N) is 1. The zero-order chi connectivity index (χ0) is 7.84. The minimum Gasteiger partial charge on any atom is -0.274 e. The van der Waals surface area contributed by atoms with E-state index in [2.05, 4.69) is 22.9 Å². The summed E-state index contributed by atoms with van der Waals surface area (Å²) in [6.07, 6.45) is 0. The van der Waals surface area contributed by atoms with Gasteiger partial charge in [-0.05, 0) is 12.1 Å². The van der Waals surface area contributed by atoms with Gasteiger partial charge >= 0.3 is 0 Å². The zero-order valence-electron chi connectivity index (χ0n) is 5.54. The zero-order valence-corrected chi connectivity index (χ0v) is 8.52. The van der Waals surface area contributed by atoms with Crippen molar-refractivity contribution in [2.75, 3.05) is 0 Å². The van der Waals surface area contributed by atoms with Crippen LogP contribution in [0.2, 0.25) is 0 Å². The van der Waals surface area contributed by atoms with E-state index >= 15 is 0 Å². The molecule has 0 fully saturated rings. The van der Waals surface area contributed by atoms with Crippen molar-refractivity contribution in [3.05, 3.63) is 29.1 Å². The highest BCUT2D eigenvalue weighted by atomic mass is 127. The molecule has 0 saturated heterocycles. The maximum atomic E-state index is 7.52. The highest BCUT2D eigenvalue weighted by Crippen LogP contribution is 2.17. The van der Waals surface area contributed by atoms with Crippen LogP contribution < -0.4 is 4.80 Å². The molecule has 1 heterocycles. The van der Waals surface area contributed by atoms with Crippen molar-refractivity contribution in [1.29, 1.82) is 5.41 Å². The molecule has 11 heavy (non-hydrogen) atoms. The van der Waals surface area contributed by atoms with Crippen molar-refractivity contribution >= 4 is 44.4 Å². The predicted molar refractivity (Wildman–Crippen MR) is 55.1 cm³/mol. The highest BCUT2D eigenvalue weighted by Gasteiger charge is 1.99. The molecule has 1 aromatic carbocycles. The van der Waals surface area contributed by atoms with E-state index in [1.807, 2.05) is 27.0 Å². The molecule has 2 nitrogen and oxygen atoms in total. The molecule has 2 rings (SSSR count). The molecular weight excluding hydrogens is 271 g/mol. The summed E-state index contributed by atoms with van der Waals surface area (Å²) in [6.45, 7) is 0. The van der Waals surface area contributed by atoms with Crippen LogP contribution in [0.4, 0.5) is 0 Å². The van der Waals surface area contributed by atoms with Crippen LogP contribution in [-0.2, 0) is 0 Å². The third-order valence-electron chi connectivity index (χ3n) is 1.46. The number of thiazole rings is 1. The van der Waals surface area contributed by atoms with Gasteiger partial charge in [0.15, 0.2) is 4.80 Å². The molecule has 0 radical (unpaired) electrons. The quantitative estimate of drug-likeness (QED) is 0.716. The number of hydrogen-bond acceptors (Lipinski definition) is 2. The topological polar surface area (TPSA) is 28.8 Å². The second-order valence-corrected chi connectivity index (χ2v) is 4.15. The maximum absolute atomic E-state index is 7.52. The molecule has 0 unspecified atom stereocenters. The van der Waals surface area contributed by atoms with Crippen LogP contribution in [-0.4, -0.2) is 2.78 Å². The Labute approximate surface area is 81.5 Å². The molecular formula is C7H5IN2S. The smallest absolute Gasteiger partial charge is 0.192 e. The van der Waals surface area contributed by atoms with Gasteiger partial charge in [0.25, 0.3) is 0 Å². The Kier molecular flexibility index (Phi) is 1.72. The fourth-order valence-corrected chi connectivity index (χ4v) is 2.64. The van der Waals surface area contributed by atoms with Crippen LogP contribution in [0.15, 0.2) is 24.3 Å². The SMILES string of the molecule is N=c1sc2ccccc2n1I. The molecule has 4 heteroatoms. The Hall–Kier alpha value is -0.360. The number of fused-ring (bicyclic) bond motifs is 1. The largest absolute Gasteiger partial charge is 0.274 e. The van der Waals surface area contributed by atoms with Gasteiger partial charge in [0, 0.05) is 0 Å². The van der Waals surface area contributed by atoms with Gasteiger partial charge in [-0.1, -0.05) is 23.5 Å². The van der Waals surface area contributed by atoms with Gasteiger partial charge in [-0.25, -0.2) is 0 Å². The number of halogens is 1. The molecule has 0 spiro atoms. The van der Waals surface area contributed by atoms with Crippen molar-refractivity contribution in [1.82, 2.24) is 2.78 Å². The molecule has 0 aliphatic heterocycles. The normalized spacial score (nSPS) is 10.6. The summed E-state index contributed by atoms with van der Waals surface area (Å²) in [7, 11) is 0. The van der Waals surface area contributed by atoms with Crippen molar-refractivity contribution in [2.24, 2.45) is 0 Å². The van der Waals surface area contributed by atoms with Gasteiger partial charge in [-0.3, -0.25) is 8.19 Å². The Morgan fingerprint density at radius 3 is 2.82 bits per heavy atom. The standard InChI is InChI=1S/C7H5IN2S/c8-10-5-3-1-2-4-6(5)11-7(10)9/h1-4,9H. The number of rotatable bonds is 0. The average molecular weight is 276 g/mol. The van der Waals surface area contributed by atoms with Crippen molar-refractivity contribution in [3.8, 4) is 0 Å². The van der Waals surface area contributed by atoms with Gasteiger partial charge in [-0.15, -0.1) is 0 Å². The molecule has 0 aliphatic carbocycles. The van der Waals surface area contributed by atoms with Crippen LogP contribution in [0.1, 0.15) is 0 Å². The van der Waals surface area contributed by atoms with Gasteiger partial charge in [0.1, 0.15) is 0 Å². The van der Waals surface area contributed by atoms with E-state index in [-0.39, 0.29) is 0 Å². The van der Waals surface area contributed by atoms with E-state index in [0.29, 0.717) is 4.80 Å². The van der Waals surface area contributed by atoms with Crippen LogP contribution in [0.3, 0.4) is 0 Å². The summed E-state index contributed by atoms with van der Waals surface area (Å²) in [5.41, 5.74) is 1.13. The number of benzene rings is 1. The molecule has 0 bridgehead atoms. The van der Waals surface area contributed by atoms with E-state index < -0.39 is 0 Å². The monoisotopic (exact) mass is 276 g/mol. The minimum atomic E-state index is 0.590. The second kappa shape index (κ2) is 2.60. The van der Waals surface area contributed by atoms with Crippen molar-refractivity contribution in [3.63, 3.8) is 0 Å². The fourth-order valence-electron chi connectivity index (χ4n) is 0.959. The molecule has 56 valence electrons. The first-order valence-electron chi connectivity index (χ1n) is 3.10. The van der Waals surface area contributed by atoms with E-state index in [1.165, 1.54) is 16.0 Å².